The number of rotatable bonds is 9. The molecule has 0 aromatic heterocycles. The normalized spacial score (nSPS) is 15.2. The number of amides is 1. The number of hydrogen-bond donors (Lipinski definition) is 3. The highest BCUT2D eigenvalue weighted by molar-refractivity contribution is 5.82. The Morgan fingerprint density at radius 3 is 2.72 bits per heavy atom. The van der Waals surface area contributed by atoms with E-state index in [-0.39, 0.29) is 17.8 Å². The molecule has 1 aliphatic heterocycles. The smallest absolute Gasteiger partial charge is 0.239 e. The van der Waals surface area contributed by atoms with E-state index >= 15 is 0 Å². The van der Waals surface area contributed by atoms with Gasteiger partial charge in [-0.1, -0.05) is 25.1 Å². The number of carbonyl (C=O) groups excluding carboxylic acids is 1. The van der Waals surface area contributed by atoms with Crippen LogP contribution in [0.4, 0.5) is 10.1 Å². The van der Waals surface area contributed by atoms with Crippen molar-refractivity contribution in [3.05, 3.63) is 59.9 Å². The van der Waals surface area contributed by atoms with Crippen molar-refractivity contribution in [2.45, 2.75) is 32.9 Å². The van der Waals surface area contributed by atoms with Crippen molar-refractivity contribution in [2.75, 3.05) is 37.6 Å². The number of carbonyl (C=O) groups is 1. The van der Waals surface area contributed by atoms with Gasteiger partial charge in [0, 0.05) is 31.4 Å². The topological polar surface area (TPSA) is 78.0 Å². The Kier molecular flexibility index (Phi) is 8.71. The van der Waals surface area contributed by atoms with Crippen molar-refractivity contribution in [3.63, 3.8) is 0 Å². The van der Waals surface area contributed by atoms with Gasteiger partial charge in [0.2, 0.25) is 5.91 Å². The Hall–Kier alpha value is -3.29. The molecule has 1 heterocycles. The summed E-state index contributed by atoms with van der Waals surface area (Å²) in [6.45, 7) is 7.74. The van der Waals surface area contributed by atoms with Gasteiger partial charge in [0.15, 0.2) is 5.96 Å². The molecule has 0 saturated carbocycles. The molecule has 32 heavy (non-hydrogen) atoms. The first-order chi connectivity index (χ1) is 15.6. The minimum atomic E-state index is -0.310. The van der Waals surface area contributed by atoms with E-state index in [9.17, 15) is 9.18 Å². The third kappa shape index (κ3) is 7.14. The van der Waals surface area contributed by atoms with Gasteiger partial charge in [0.1, 0.15) is 17.7 Å². The van der Waals surface area contributed by atoms with E-state index in [2.05, 4.69) is 25.8 Å². The second-order valence-electron chi connectivity index (χ2n) is 7.62. The van der Waals surface area contributed by atoms with Crippen LogP contribution in [-0.2, 0) is 11.3 Å². The molecule has 8 heteroatoms. The number of hydrogen-bond acceptors (Lipinski definition) is 4. The molecular weight excluding hydrogens is 409 g/mol. The van der Waals surface area contributed by atoms with Gasteiger partial charge in [-0.3, -0.25) is 4.79 Å². The Morgan fingerprint density at radius 1 is 1.22 bits per heavy atom. The summed E-state index contributed by atoms with van der Waals surface area (Å²) in [6.07, 6.45) is 0.667. The number of halogens is 1. The lowest BCUT2D eigenvalue weighted by Crippen LogP contribution is -2.47. The van der Waals surface area contributed by atoms with Crippen LogP contribution in [0.2, 0.25) is 0 Å². The number of ether oxygens (including phenoxy) is 1. The molecule has 2 aromatic carbocycles. The number of nitrogens with one attached hydrogen (secondary N) is 3. The van der Waals surface area contributed by atoms with Gasteiger partial charge in [0.05, 0.1) is 19.6 Å². The number of anilines is 1. The molecule has 1 amide bonds. The van der Waals surface area contributed by atoms with E-state index in [1.54, 1.807) is 12.1 Å². The van der Waals surface area contributed by atoms with Gasteiger partial charge >= 0.3 is 0 Å². The zero-order valence-electron chi connectivity index (χ0n) is 18.7. The Balaban J connectivity index is 1.55. The molecule has 0 spiro atoms. The molecule has 1 aliphatic rings. The van der Waals surface area contributed by atoms with E-state index in [1.165, 1.54) is 12.1 Å². The number of aliphatic imine (C=N–C) groups is 1. The molecule has 1 fully saturated rings. The Morgan fingerprint density at radius 2 is 2.03 bits per heavy atom. The summed E-state index contributed by atoms with van der Waals surface area (Å²) in [5, 5.41) is 9.40. The third-order valence-electron chi connectivity index (χ3n) is 5.16. The van der Waals surface area contributed by atoms with Crippen LogP contribution < -0.4 is 25.6 Å². The lowest BCUT2D eigenvalue weighted by molar-refractivity contribution is -0.120. The standard InChI is InChI=1S/C24H32FN5O2/c1-3-21(32-22-7-5-6-19(25)14-22)16-29-24(26-4-2)28-15-18-8-10-20(11-9-18)30-13-12-27-23(31)17-30/h5-11,14,21H,3-4,12-13,15-17H2,1-2H3,(H,27,31)(H2,26,28,29). The van der Waals surface area contributed by atoms with Crippen molar-refractivity contribution in [1.82, 2.24) is 16.0 Å². The fraction of sp³-hybridized carbons (Fsp3) is 0.417. The van der Waals surface area contributed by atoms with Gasteiger partial charge in [-0.05, 0) is 43.2 Å². The van der Waals surface area contributed by atoms with E-state index in [0.29, 0.717) is 37.9 Å². The minimum Gasteiger partial charge on any atom is -0.489 e. The highest BCUT2D eigenvalue weighted by Gasteiger charge is 2.16. The summed E-state index contributed by atoms with van der Waals surface area (Å²) in [6, 6.07) is 14.3. The van der Waals surface area contributed by atoms with Crippen molar-refractivity contribution >= 4 is 17.6 Å². The molecule has 3 N–H and O–H groups in total. The van der Waals surface area contributed by atoms with Crippen LogP contribution in [0.15, 0.2) is 53.5 Å². The number of benzene rings is 2. The fourth-order valence-electron chi connectivity index (χ4n) is 3.40. The van der Waals surface area contributed by atoms with Gasteiger partial charge < -0.3 is 25.6 Å². The number of nitrogens with zero attached hydrogens (tertiary/aromatic N) is 2. The van der Waals surface area contributed by atoms with Gasteiger partial charge in [0.25, 0.3) is 0 Å². The zero-order valence-corrected chi connectivity index (χ0v) is 18.7. The molecule has 1 unspecified atom stereocenters. The molecule has 7 nitrogen and oxygen atoms in total. The summed E-state index contributed by atoms with van der Waals surface area (Å²) in [7, 11) is 0. The van der Waals surface area contributed by atoms with Crippen molar-refractivity contribution < 1.29 is 13.9 Å². The highest BCUT2D eigenvalue weighted by Crippen LogP contribution is 2.17. The SMILES string of the molecule is CCNC(=NCc1ccc(N2CCNC(=O)C2)cc1)NCC(CC)Oc1cccc(F)c1. The maximum Gasteiger partial charge on any atom is 0.239 e. The molecule has 2 aromatic rings. The molecule has 0 bridgehead atoms. The fourth-order valence-corrected chi connectivity index (χ4v) is 3.40. The van der Waals surface area contributed by atoms with Gasteiger partial charge in [-0.2, -0.15) is 0 Å². The van der Waals surface area contributed by atoms with Crippen LogP contribution in [0, 0.1) is 5.82 Å². The molecular formula is C24H32FN5O2. The Labute approximate surface area is 189 Å². The molecule has 3 rings (SSSR count). The minimum absolute atomic E-state index is 0.0537. The maximum absolute atomic E-state index is 13.4. The lowest BCUT2D eigenvalue weighted by atomic mass is 10.2. The first kappa shape index (κ1) is 23.4. The summed E-state index contributed by atoms with van der Waals surface area (Å²) < 4.78 is 19.3. The summed E-state index contributed by atoms with van der Waals surface area (Å²) >= 11 is 0. The maximum atomic E-state index is 13.4. The second kappa shape index (κ2) is 11.9. The predicted molar refractivity (Wildman–Crippen MR) is 126 cm³/mol. The van der Waals surface area contributed by atoms with Crippen LogP contribution in [-0.4, -0.2) is 50.7 Å². The number of guanidine groups is 1. The average Bonchev–Trinajstić information content (AvgIpc) is 2.80. The van der Waals surface area contributed by atoms with E-state index in [0.717, 1.165) is 30.8 Å². The highest BCUT2D eigenvalue weighted by atomic mass is 19.1. The second-order valence-corrected chi connectivity index (χ2v) is 7.62. The van der Waals surface area contributed by atoms with Crippen molar-refractivity contribution in [2.24, 2.45) is 4.99 Å². The van der Waals surface area contributed by atoms with Crippen LogP contribution in [0.3, 0.4) is 0 Å². The van der Waals surface area contributed by atoms with Crippen LogP contribution in [0.5, 0.6) is 5.75 Å². The molecule has 1 saturated heterocycles. The van der Waals surface area contributed by atoms with Gasteiger partial charge in [-0.25, -0.2) is 9.38 Å². The van der Waals surface area contributed by atoms with Crippen molar-refractivity contribution in [3.8, 4) is 5.75 Å². The van der Waals surface area contributed by atoms with E-state index in [4.69, 9.17) is 4.74 Å². The molecule has 172 valence electrons. The summed E-state index contributed by atoms with van der Waals surface area (Å²) in [5.74, 6) is 0.963. The molecule has 0 radical (unpaired) electrons. The lowest BCUT2D eigenvalue weighted by Gasteiger charge is -2.28. The monoisotopic (exact) mass is 441 g/mol. The van der Waals surface area contributed by atoms with Crippen LogP contribution in [0.1, 0.15) is 25.8 Å². The summed E-state index contributed by atoms with van der Waals surface area (Å²) in [5.41, 5.74) is 2.12. The molecule has 0 aliphatic carbocycles. The predicted octanol–water partition coefficient (Wildman–Crippen LogP) is 2.67. The Bertz CT molecular complexity index is 904. The van der Waals surface area contributed by atoms with Crippen molar-refractivity contribution in [1.29, 1.82) is 0 Å². The van der Waals surface area contributed by atoms with Gasteiger partial charge in [-0.15, -0.1) is 0 Å². The van der Waals surface area contributed by atoms with Crippen LogP contribution in [0.25, 0.3) is 0 Å². The van der Waals surface area contributed by atoms with Crippen LogP contribution >= 0.6 is 0 Å². The summed E-state index contributed by atoms with van der Waals surface area (Å²) in [4.78, 5) is 18.3. The number of piperazine rings is 1. The quantitative estimate of drug-likeness (QED) is 0.412. The first-order valence-electron chi connectivity index (χ1n) is 11.1. The molecule has 1 atom stereocenters. The van der Waals surface area contributed by atoms with E-state index in [1.807, 2.05) is 38.1 Å². The zero-order chi connectivity index (χ0) is 22.8. The largest absolute Gasteiger partial charge is 0.489 e. The average molecular weight is 442 g/mol. The first-order valence-corrected chi connectivity index (χ1v) is 11.1. The third-order valence-corrected chi connectivity index (χ3v) is 5.16. The van der Waals surface area contributed by atoms with E-state index < -0.39 is 0 Å².